The molecule has 1 aliphatic heterocycles. The molecule has 6 nitrogen and oxygen atoms in total. The topological polar surface area (TPSA) is 88.6 Å². The average Bonchev–Trinajstić information content (AvgIpc) is 3.03. The predicted octanol–water partition coefficient (Wildman–Crippen LogP) is 2.54. The average molecular weight is 341 g/mol. The summed E-state index contributed by atoms with van der Waals surface area (Å²) in [6.07, 6.45) is 3.31. The summed E-state index contributed by atoms with van der Waals surface area (Å²) < 4.78 is 5.20. The number of furan rings is 1. The van der Waals surface area contributed by atoms with Gasteiger partial charge in [-0.25, -0.2) is 0 Å². The number of carbonyl (C=O) groups is 2. The molecule has 0 unspecified atom stereocenters. The van der Waals surface area contributed by atoms with Crippen LogP contribution in [0.5, 0.6) is 0 Å². The highest BCUT2D eigenvalue weighted by atomic mass is 16.3. The lowest BCUT2D eigenvalue weighted by Gasteiger charge is -2.31. The first-order chi connectivity index (χ1) is 12.0. The van der Waals surface area contributed by atoms with Gasteiger partial charge in [-0.15, -0.1) is 0 Å². The van der Waals surface area contributed by atoms with Crippen LogP contribution in [0.15, 0.2) is 41.0 Å². The molecule has 6 heteroatoms. The van der Waals surface area contributed by atoms with Crippen molar-refractivity contribution >= 4 is 17.5 Å². The van der Waals surface area contributed by atoms with Crippen LogP contribution in [0.25, 0.3) is 0 Å². The lowest BCUT2D eigenvalue weighted by molar-refractivity contribution is -0.123. The minimum absolute atomic E-state index is 0.0934. The molecule has 1 aliphatic rings. The number of nitrogens with zero attached hydrogens (tertiary/aromatic N) is 1. The Morgan fingerprint density at radius 1 is 1.32 bits per heavy atom. The smallest absolute Gasteiger partial charge is 0.259 e. The highest BCUT2D eigenvalue weighted by Gasteiger charge is 2.24. The number of carbonyl (C=O) groups excluding carboxylic acids is 2. The first-order valence-corrected chi connectivity index (χ1v) is 8.49. The van der Waals surface area contributed by atoms with Crippen LogP contribution < -0.4 is 11.1 Å². The van der Waals surface area contributed by atoms with E-state index in [1.54, 1.807) is 13.0 Å². The van der Waals surface area contributed by atoms with Crippen molar-refractivity contribution in [2.45, 2.75) is 26.3 Å². The molecule has 0 aliphatic carbocycles. The van der Waals surface area contributed by atoms with Gasteiger partial charge in [0.2, 0.25) is 5.91 Å². The molecule has 1 saturated heterocycles. The van der Waals surface area contributed by atoms with Crippen molar-refractivity contribution in [2.24, 2.45) is 11.7 Å². The van der Waals surface area contributed by atoms with Crippen LogP contribution in [0, 0.1) is 12.8 Å². The van der Waals surface area contributed by atoms with E-state index in [2.05, 4.69) is 10.2 Å². The Balaban J connectivity index is 1.72. The first-order valence-electron chi connectivity index (χ1n) is 8.49. The van der Waals surface area contributed by atoms with E-state index in [9.17, 15) is 9.59 Å². The Morgan fingerprint density at radius 2 is 2.12 bits per heavy atom. The van der Waals surface area contributed by atoms with Crippen LogP contribution >= 0.6 is 0 Å². The standard InChI is InChI=1S/C19H23N3O3/c1-13-16(8-10-25-13)19(24)21-17-7-3-2-5-14(17)11-22-9-4-6-15(12-22)18(20)23/h2-3,5,7-8,10,15H,4,6,9,11-12H2,1H3,(H2,20,23)(H,21,24)/t15-/m1/s1. The van der Waals surface area contributed by atoms with Gasteiger partial charge in [0, 0.05) is 18.8 Å². The number of piperidine rings is 1. The van der Waals surface area contributed by atoms with E-state index in [1.165, 1.54) is 6.26 Å². The normalized spacial score (nSPS) is 18.0. The molecule has 0 spiro atoms. The minimum atomic E-state index is -0.235. The van der Waals surface area contributed by atoms with Crippen LogP contribution in [0.4, 0.5) is 5.69 Å². The minimum Gasteiger partial charge on any atom is -0.469 e. The number of likely N-dealkylation sites (tertiary alicyclic amines) is 1. The molecule has 2 heterocycles. The van der Waals surface area contributed by atoms with Gasteiger partial charge in [0.1, 0.15) is 5.76 Å². The van der Waals surface area contributed by atoms with Crippen LogP contribution in [-0.2, 0) is 11.3 Å². The Kier molecular flexibility index (Phi) is 5.19. The van der Waals surface area contributed by atoms with Crippen LogP contribution in [-0.4, -0.2) is 29.8 Å². The van der Waals surface area contributed by atoms with E-state index in [1.807, 2.05) is 24.3 Å². The Bertz CT molecular complexity index is 769. The van der Waals surface area contributed by atoms with E-state index in [0.29, 0.717) is 24.4 Å². The molecule has 1 atom stereocenters. The molecule has 0 radical (unpaired) electrons. The molecular formula is C19H23N3O3. The van der Waals surface area contributed by atoms with E-state index in [4.69, 9.17) is 10.2 Å². The maximum Gasteiger partial charge on any atom is 0.259 e. The van der Waals surface area contributed by atoms with Crippen molar-refractivity contribution in [3.63, 3.8) is 0 Å². The monoisotopic (exact) mass is 341 g/mol. The van der Waals surface area contributed by atoms with Gasteiger partial charge in [0.25, 0.3) is 5.91 Å². The van der Waals surface area contributed by atoms with Gasteiger partial charge in [-0.3, -0.25) is 14.5 Å². The van der Waals surface area contributed by atoms with Crippen molar-refractivity contribution in [3.8, 4) is 0 Å². The van der Waals surface area contributed by atoms with E-state index in [-0.39, 0.29) is 17.7 Å². The third-order valence-electron chi connectivity index (χ3n) is 4.67. The van der Waals surface area contributed by atoms with Crippen molar-refractivity contribution in [1.29, 1.82) is 0 Å². The van der Waals surface area contributed by atoms with Gasteiger partial charge in [0.15, 0.2) is 0 Å². The number of rotatable bonds is 5. The Morgan fingerprint density at radius 3 is 2.84 bits per heavy atom. The number of hydrogen-bond acceptors (Lipinski definition) is 4. The molecule has 1 fully saturated rings. The zero-order chi connectivity index (χ0) is 17.8. The molecule has 3 rings (SSSR count). The number of aryl methyl sites for hydroxylation is 1. The fraction of sp³-hybridized carbons (Fsp3) is 0.368. The zero-order valence-corrected chi connectivity index (χ0v) is 14.3. The SMILES string of the molecule is Cc1occc1C(=O)Nc1ccccc1CN1CCC[C@@H](C(N)=O)C1. The second-order valence-corrected chi connectivity index (χ2v) is 6.48. The lowest BCUT2D eigenvalue weighted by Crippen LogP contribution is -2.40. The van der Waals surface area contributed by atoms with Gasteiger partial charge >= 0.3 is 0 Å². The molecule has 132 valence electrons. The molecule has 25 heavy (non-hydrogen) atoms. The molecule has 2 aromatic rings. The van der Waals surface area contributed by atoms with Gasteiger partial charge in [-0.1, -0.05) is 18.2 Å². The van der Waals surface area contributed by atoms with Crippen LogP contribution in [0.2, 0.25) is 0 Å². The highest BCUT2D eigenvalue weighted by molar-refractivity contribution is 6.05. The van der Waals surface area contributed by atoms with Crippen molar-refractivity contribution in [1.82, 2.24) is 4.90 Å². The van der Waals surface area contributed by atoms with Gasteiger partial charge < -0.3 is 15.5 Å². The summed E-state index contributed by atoms with van der Waals surface area (Å²) in [5, 5.41) is 2.96. The number of para-hydroxylation sites is 1. The number of benzene rings is 1. The molecule has 0 saturated carbocycles. The Labute approximate surface area is 147 Å². The number of hydrogen-bond donors (Lipinski definition) is 2. The lowest BCUT2D eigenvalue weighted by atomic mass is 9.97. The molecule has 3 N–H and O–H groups in total. The number of anilines is 1. The summed E-state index contributed by atoms with van der Waals surface area (Å²) in [4.78, 5) is 26.1. The molecular weight excluding hydrogens is 318 g/mol. The molecule has 0 bridgehead atoms. The molecule has 2 amide bonds. The van der Waals surface area contributed by atoms with E-state index in [0.717, 1.165) is 30.6 Å². The van der Waals surface area contributed by atoms with Crippen LogP contribution in [0.3, 0.4) is 0 Å². The van der Waals surface area contributed by atoms with Gasteiger partial charge in [0.05, 0.1) is 17.7 Å². The largest absolute Gasteiger partial charge is 0.469 e. The quantitative estimate of drug-likeness (QED) is 0.875. The fourth-order valence-electron chi connectivity index (χ4n) is 3.26. The summed E-state index contributed by atoms with van der Waals surface area (Å²) in [5.74, 6) is 0.0773. The third-order valence-corrected chi connectivity index (χ3v) is 4.67. The maximum absolute atomic E-state index is 12.4. The number of amides is 2. The number of nitrogens with two attached hydrogens (primary N) is 1. The van der Waals surface area contributed by atoms with E-state index >= 15 is 0 Å². The first kappa shape index (κ1) is 17.2. The summed E-state index contributed by atoms with van der Waals surface area (Å²) in [5.41, 5.74) is 7.77. The van der Waals surface area contributed by atoms with Crippen molar-refractivity contribution in [3.05, 3.63) is 53.5 Å². The predicted molar refractivity (Wildman–Crippen MR) is 95.0 cm³/mol. The maximum atomic E-state index is 12.4. The number of primary amides is 1. The molecule has 1 aromatic carbocycles. The summed E-state index contributed by atoms with van der Waals surface area (Å²) in [7, 11) is 0. The summed E-state index contributed by atoms with van der Waals surface area (Å²) >= 11 is 0. The second-order valence-electron chi connectivity index (χ2n) is 6.48. The fourth-order valence-corrected chi connectivity index (χ4v) is 3.26. The van der Waals surface area contributed by atoms with Crippen molar-refractivity contribution in [2.75, 3.05) is 18.4 Å². The summed E-state index contributed by atoms with van der Waals surface area (Å²) in [6, 6.07) is 9.38. The zero-order valence-electron chi connectivity index (χ0n) is 14.3. The number of nitrogens with one attached hydrogen (secondary N) is 1. The second kappa shape index (κ2) is 7.53. The Hall–Kier alpha value is -2.60. The molecule has 1 aromatic heterocycles. The third kappa shape index (κ3) is 4.09. The summed E-state index contributed by atoms with van der Waals surface area (Å²) in [6.45, 7) is 4.02. The van der Waals surface area contributed by atoms with Gasteiger partial charge in [-0.05, 0) is 44.0 Å². The van der Waals surface area contributed by atoms with Crippen LogP contribution in [0.1, 0.15) is 34.5 Å². The van der Waals surface area contributed by atoms with Crippen molar-refractivity contribution < 1.29 is 14.0 Å². The highest BCUT2D eigenvalue weighted by Crippen LogP contribution is 2.23. The van der Waals surface area contributed by atoms with E-state index < -0.39 is 0 Å². The van der Waals surface area contributed by atoms with Gasteiger partial charge in [-0.2, -0.15) is 0 Å².